The number of ether oxygens (including phenoxy) is 1. The van der Waals surface area contributed by atoms with Gasteiger partial charge in [0.15, 0.2) is 5.11 Å². The summed E-state index contributed by atoms with van der Waals surface area (Å²) in [5.41, 5.74) is 1.99. The summed E-state index contributed by atoms with van der Waals surface area (Å²) < 4.78 is 5.41. The quantitative estimate of drug-likeness (QED) is 0.667. The third kappa shape index (κ3) is 3.06. The van der Waals surface area contributed by atoms with Crippen LogP contribution < -0.4 is 15.0 Å². The van der Waals surface area contributed by atoms with Crippen LogP contribution in [-0.2, 0) is 0 Å². The molecule has 2 atom stereocenters. The molecular weight excluding hydrogens is 362 g/mol. The molecule has 3 heterocycles. The van der Waals surface area contributed by atoms with Gasteiger partial charge in [-0.1, -0.05) is 12.1 Å². The van der Waals surface area contributed by atoms with E-state index in [-0.39, 0.29) is 12.1 Å². The lowest BCUT2D eigenvalue weighted by atomic mass is 10.0. The smallest absolute Gasteiger partial charge is 0.174 e. The van der Waals surface area contributed by atoms with E-state index in [0.717, 1.165) is 17.1 Å². The van der Waals surface area contributed by atoms with Gasteiger partial charge in [0.2, 0.25) is 0 Å². The van der Waals surface area contributed by atoms with Crippen molar-refractivity contribution in [2.75, 3.05) is 12.0 Å². The first-order valence-corrected chi connectivity index (χ1v) is 9.61. The molecule has 4 nitrogen and oxygen atoms in total. The fourth-order valence-corrected chi connectivity index (χ4v) is 4.65. The Kier molecular flexibility index (Phi) is 4.61. The molecule has 0 amide bonds. The first kappa shape index (κ1) is 17.0. The van der Waals surface area contributed by atoms with E-state index in [2.05, 4.69) is 40.3 Å². The summed E-state index contributed by atoms with van der Waals surface area (Å²) in [4.78, 5) is 9.28. The minimum absolute atomic E-state index is 0.00653. The molecule has 1 fully saturated rings. The predicted molar refractivity (Wildman–Crippen MR) is 110 cm³/mol. The van der Waals surface area contributed by atoms with Crippen LogP contribution in [0.3, 0.4) is 0 Å². The highest BCUT2D eigenvalue weighted by Gasteiger charge is 2.41. The Bertz CT molecular complexity index is 926. The van der Waals surface area contributed by atoms with Gasteiger partial charge in [0.05, 0.1) is 24.9 Å². The van der Waals surface area contributed by atoms with E-state index in [1.54, 1.807) is 18.4 Å². The Balaban J connectivity index is 1.82. The molecule has 0 aliphatic carbocycles. The number of thiophene rings is 1. The molecule has 26 heavy (non-hydrogen) atoms. The van der Waals surface area contributed by atoms with Gasteiger partial charge in [-0.25, -0.2) is 0 Å². The number of aryl methyl sites for hydroxylation is 1. The summed E-state index contributed by atoms with van der Waals surface area (Å²) in [5, 5.41) is 4.17. The molecule has 2 aromatic heterocycles. The largest absolute Gasteiger partial charge is 0.497 e. The lowest BCUT2D eigenvalue weighted by Crippen LogP contribution is -2.29. The zero-order valence-electron chi connectivity index (χ0n) is 14.5. The monoisotopic (exact) mass is 381 g/mol. The third-order valence-electron chi connectivity index (χ3n) is 4.48. The molecule has 1 aliphatic heterocycles. The van der Waals surface area contributed by atoms with Crippen LogP contribution in [0, 0.1) is 6.92 Å². The topological polar surface area (TPSA) is 37.4 Å². The van der Waals surface area contributed by atoms with E-state index in [1.165, 1.54) is 9.75 Å². The lowest BCUT2D eigenvalue weighted by molar-refractivity contribution is 0.415. The number of hydrogen-bond donors (Lipinski definition) is 1. The number of pyridine rings is 1. The second-order valence-corrected chi connectivity index (χ2v) is 7.85. The maximum absolute atomic E-state index is 5.71. The van der Waals surface area contributed by atoms with Crippen molar-refractivity contribution in [2.24, 2.45) is 0 Å². The van der Waals surface area contributed by atoms with Crippen LogP contribution >= 0.6 is 23.6 Å². The van der Waals surface area contributed by atoms with Crippen LogP contribution in [0.15, 0.2) is 60.8 Å². The number of aromatic nitrogens is 1. The summed E-state index contributed by atoms with van der Waals surface area (Å²) >= 11 is 7.51. The number of anilines is 1. The average Bonchev–Trinajstić information content (AvgIpc) is 3.25. The van der Waals surface area contributed by atoms with Gasteiger partial charge in [-0.15, -0.1) is 11.3 Å². The number of nitrogens with one attached hydrogen (secondary N) is 1. The molecule has 0 unspecified atom stereocenters. The Morgan fingerprint density at radius 2 is 2.04 bits per heavy atom. The van der Waals surface area contributed by atoms with Crippen LogP contribution in [0.1, 0.15) is 27.5 Å². The summed E-state index contributed by atoms with van der Waals surface area (Å²) in [6.07, 6.45) is 1.82. The van der Waals surface area contributed by atoms with Crippen LogP contribution in [-0.4, -0.2) is 17.2 Å². The van der Waals surface area contributed by atoms with Gasteiger partial charge in [0.25, 0.3) is 0 Å². The molecule has 1 N–H and O–H groups in total. The molecule has 0 spiro atoms. The molecule has 4 rings (SSSR count). The van der Waals surface area contributed by atoms with Gasteiger partial charge in [0, 0.05) is 27.7 Å². The number of methoxy groups -OCH3 is 1. The average molecular weight is 382 g/mol. The van der Waals surface area contributed by atoms with Gasteiger partial charge in [0.1, 0.15) is 5.75 Å². The molecule has 0 bridgehead atoms. The molecular formula is C20H19N3OS2. The molecule has 132 valence electrons. The fraction of sp³-hybridized carbons (Fsp3) is 0.200. The van der Waals surface area contributed by atoms with Crippen molar-refractivity contribution in [3.63, 3.8) is 0 Å². The molecule has 1 aromatic carbocycles. The van der Waals surface area contributed by atoms with E-state index in [0.29, 0.717) is 5.11 Å². The van der Waals surface area contributed by atoms with Crippen molar-refractivity contribution >= 4 is 34.4 Å². The van der Waals surface area contributed by atoms with Crippen molar-refractivity contribution in [2.45, 2.75) is 19.0 Å². The molecule has 1 saturated heterocycles. The van der Waals surface area contributed by atoms with E-state index < -0.39 is 0 Å². The Labute approximate surface area is 162 Å². The lowest BCUT2D eigenvalue weighted by Gasteiger charge is -2.27. The number of thiocarbonyl (C=S) groups is 1. The van der Waals surface area contributed by atoms with E-state index in [4.69, 9.17) is 17.0 Å². The standard InChI is InChI=1S/C20H19N3OS2/c1-13-9-10-17(26-13)19-18(16-8-3-4-11-21-16)22-20(25)23(19)14-6-5-7-15(12-14)24-2/h3-12,18-19H,1-2H3,(H,22,25)/t18-,19-/m0/s1. The minimum atomic E-state index is -0.00653. The molecule has 0 saturated carbocycles. The summed E-state index contributed by atoms with van der Waals surface area (Å²) in [6.45, 7) is 2.13. The number of benzene rings is 1. The fourth-order valence-electron chi connectivity index (χ4n) is 3.29. The van der Waals surface area contributed by atoms with Gasteiger partial charge in [-0.3, -0.25) is 4.98 Å². The summed E-state index contributed by atoms with van der Waals surface area (Å²) in [7, 11) is 1.68. The first-order valence-electron chi connectivity index (χ1n) is 8.38. The van der Waals surface area contributed by atoms with Gasteiger partial charge >= 0.3 is 0 Å². The van der Waals surface area contributed by atoms with Crippen LogP contribution in [0.2, 0.25) is 0 Å². The van der Waals surface area contributed by atoms with E-state index in [9.17, 15) is 0 Å². The number of hydrogen-bond acceptors (Lipinski definition) is 4. The van der Waals surface area contributed by atoms with Gasteiger partial charge < -0.3 is 15.0 Å². The maximum Gasteiger partial charge on any atom is 0.174 e. The molecule has 0 radical (unpaired) electrons. The summed E-state index contributed by atoms with van der Waals surface area (Å²) in [5.74, 6) is 0.813. The van der Waals surface area contributed by atoms with E-state index in [1.807, 2.05) is 42.6 Å². The third-order valence-corrected chi connectivity index (χ3v) is 5.87. The zero-order valence-corrected chi connectivity index (χ0v) is 16.2. The van der Waals surface area contributed by atoms with Crippen molar-refractivity contribution in [3.05, 3.63) is 76.2 Å². The number of nitrogens with zero attached hydrogens (tertiary/aromatic N) is 2. The highest BCUT2D eigenvalue weighted by molar-refractivity contribution is 7.80. The second kappa shape index (κ2) is 7.05. The first-order chi connectivity index (χ1) is 12.7. The maximum atomic E-state index is 5.71. The molecule has 6 heteroatoms. The van der Waals surface area contributed by atoms with E-state index >= 15 is 0 Å². The minimum Gasteiger partial charge on any atom is -0.497 e. The van der Waals surface area contributed by atoms with Gasteiger partial charge in [-0.2, -0.15) is 0 Å². The molecule has 1 aliphatic rings. The predicted octanol–water partition coefficient (Wildman–Crippen LogP) is 4.64. The van der Waals surface area contributed by atoms with Crippen molar-refractivity contribution in [1.82, 2.24) is 10.3 Å². The number of rotatable bonds is 4. The van der Waals surface area contributed by atoms with Crippen LogP contribution in [0.5, 0.6) is 5.75 Å². The SMILES string of the molecule is COc1cccc(N2C(=S)N[C@@H](c3ccccn3)[C@@H]2c2ccc(C)s2)c1. The second-order valence-electron chi connectivity index (χ2n) is 6.15. The van der Waals surface area contributed by atoms with Crippen molar-refractivity contribution in [1.29, 1.82) is 0 Å². The van der Waals surface area contributed by atoms with Crippen LogP contribution in [0.4, 0.5) is 5.69 Å². The highest BCUT2D eigenvalue weighted by atomic mass is 32.1. The van der Waals surface area contributed by atoms with Crippen LogP contribution in [0.25, 0.3) is 0 Å². The Morgan fingerprint density at radius 1 is 1.15 bits per heavy atom. The highest BCUT2D eigenvalue weighted by Crippen LogP contribution is 2.44. The zero-order chi connectivity index (χ0) is 18.1. The summed E-state index contributed by atoms with van der Waals surface area (Å²) in [6, 6.07) is 18.4. The Hall–Kier alpha value is -2.44. The van der Waals surface area contributed by atoms with Crippen molar-refractivity contribution in [3.8, 4) is 5.75 Å². The molecule has 3 aromatic rings. The normalized spacial score (nSPS) is 19.5. The Morgan fingerprint density at radius 3 is 2.73 bits per heavy atom. The van der Waals surface area contributed by atoms with Crippen molar-refractivity contribution < 1.29 is 4.74 Å². The van der Waals surface area contributed by atoms with Gasteiger partial charge in [-0.05, 0) is 55.5 Å².